The topological polar surface area (TPSA) is 79.1 Å². The van der Waals surface area contributed by atoms with Gasteiger partial charge in [-0.1, -0.05) is 11.3 Å². The summed E-state index contributed by atoms with van der Waals surface area (Å²) >= 11 is 0.896. The predicted octanol–water partition coefficient (Wildman–Crippen LogP) is 3.06. The first-order valence-electron chi connectivity index (χ1n) is 9.09. The van der Waals surface area contributed by atoms with E-state index in [0.717, 1.165) is 17.4 Å². The van der Waals surface area contributed by atoms with Crippen LogP contribution in [-0.2, 0) is 16.1 Å². The van der Waals surface area contributed by atoms with Crippen molar-refractivity contribution >= 4 is 33.4 Å². The number of nitrogens with zero attached hydrogens (tertiary/aromatic N) is 2. The number of thiazole rings is 1. The van der Waals surface area contributed by atoms with Gasteiger partial charge in [0.2, 0.25) is 0 Å². The van der Waals surface area contributed by atoms with Crippen molar-refractivity contribution in [2.75, 3.05) is 19.8 Å². The van der Waals surface area contributed by atoms with Gasteiger partial charge in [-0.3, -0.25) is 9.59 Å². The molecule has 1 aliphatic heterocycles. The Morgan fingerprint density at radius 2 is 1.93 bits per heavy atom. The molecule has 2 aromatic carbocycles. The van der Waals surface area contributed by atoms with Gasteiger partial charge in [0.15, 0.2) is 22.1 Å². The predicted molar refractivity (Wildman–Crippen MR) is 104 cm³/mol. The maximum Gasteiger partial charge on any atom is 0.326 e. The fourth-order valence-corrected chi connectivity index (χ4v) is 4.09. The number of hydrogen-bond acceptors (Lipinski definition) is 6. The van der Waals surface area contributed by atoms with Crippen molar-refractivity contribution in [2.45, 2.75) is 13.5 Å². The molecule has 3 aromatic rings. The fourth-order valence-electron chi connectivity index (χ4n) is 3.02. The summed E-state index contributed by atoms with van der Waals surface area (Å²) < 4.78 is 45.3. The van der Waals surface area contributed by atoms with Crippen LogP contribution in [0.5, 0.6) is 11.5 Å². The lowest BCUT2D eigenvalue weighted by Crippen LogP contribution is -2.23. The van der Waals surface area contributed by atoms with Crippen LogP contribution in [0.3, 0.4) is 0 Å². The van der Waals surface area contributed by atoms with Crippen LogP contribution in [0, 0.1) is 11.6 Å². The van der Waals surface area contributed by atoms with Crippen molar-refractivity contribution in [1.29, 1.82) is 0 Å². The van der Waals surface area contributed by atoms with Gasteiger partial charge in [0.1, 0.15) is 25.6 Å². The number of halogens is 2. The summed E-state index contributed by atoms with van der Waals surface area (Å²) in [5.74, 6) is -1.94. The second-order valence-electron chi connectivity index (χ2n) is 6.29. The third-order valence-electron chi connectivity index (χ3n) is 4.27. The maximum absolute atomic E-state index is 14.4. The third-order valence-corrected chi connectivity index (χ3v) is 5.30. The number of carbonyl (C=O) groups is 2. The summed E-state index contributed by atoms with van der Waals surface area (Å²) in [7, 11) is 0. The third kappa shape index (κ3) is 3.90. The van der Waals surface area contributed by atoms with Crippen LogP contribution in [0.1, 0.15) is 17.3 Å². The lowest BCUT2D eigenvalue weighted by molar-refractivity contribution is -0.143. The van der Waals surface area contributed by atoms with E-state index in [1.807, 2.05) is 0 Å². The van der Waals surface area contributed by atoms with Gasteiger partial charge in [0.25, 0.3) is 5.91 Å². The number of amides is 1. The van der Waals surface area contributed by atoms with E-state index >= 15 is 0 Å². The number of hydrogen-bond donors (Lipinski definition) is 0. The molecule has 1 aliphatic rings. The zero-order valence-corrected chi connectivity index (χ0v) is 16.6. The monoisotopic (exact) mass is 434 g/mol. The highest BCUT2D eigenvalue weighted by Crippen LogP contribution is 2.31. The molecule has 0 fully saturated rings. The van der Waals surface area contributed by atoms with Crippen molar-refractivity contribution < 1.29 is 32.6 Å². The van der Waals surface area contributed by atoms with Gasteiger partial charge in [0.05, 0.1) is 16.8 Å². The molecule has 1 aromatic heterocycles. The lowest BCUT2D eigenvalue weighted by atomic mass is 10.2. The number of ether oxygens (including phenoxy) is 3. The molecule has 1 amide bonds. The molecule has 0 saturated heterocycles. The zero-order valence-electron chi connectivity index (χ0n) is 15.8. The Morgan fingerprint density at radius 3 is 2.70 bits per heavy atom. The average Bonchev–Trinajstić information content (AvgIpc) is 3.04. The number of carbonyl (C=O) groups excluding carboxylic acids is 2. The minimum atomic E-state index is -0.862. The fraction of sp³-hybridized carbons (Fsp3) is 0.250. The van der Waals surface area contributed by atoms with E-state index in [0.29, 0.717) is 30.8 Å². The largest absolute Gasteiger partial charge is 0.486 e. The van der Waals surface area contributed by atoms with Gasteiger partial charge < -0.3 is 18.8 Å². The van der Waals surface area contributed by atoms with Crippen molar-refractivity contribution in [3.05, 3.63) is 52.3 Å². The van der Waals surface area contributed by atoms with Crippen LogP contribution in [-0.4, -0.2) is 36.3 Å². The second kappa shape index (κ2) is 8.23. The summed E-state index contributed by atoms with van der Waals surface area (Å²) in [5, 5.41) is 0. The Hall–Kier alpha value is -3.27. The van der Waals surface area contributed by atoms with E-state index in [1.165, 1.54) is 16.7 Å². The number of benzene rings is 2. The van der Waals surface area contributed by atoms with E-state index in [4.69, 9.17) is 14.2 Å². The first kappa shape index (κ1) is 20.0. The first-order chi connectivity index (χ1) is 14.5. The van der Waals surface area contributed by atoms with E-state index in [9.17, 15) is 18.4 Å². The van der Waals surface area contributed by atoms with E-state index in [-0.39, 0.29) is 33.7 Å². The zero-order chi connectivity index (χ0) is 21.3. The highest BCUT2D eigenvalue weighted by Gasteiger charge is 2.18. The number of aromatic nitrogens is 1. The molecule has 0 atom stereocenters. The molecule has 0 bridgehead atoms. The molecule has 0 saturated carbocycles. The minimum Gasteiger partial charge on any atom is -0.486 e. The van der Waals surface area contributed by atoms with Crippen molar-refractivity contribution in [2.24, 2.45) is 4.99 Å². The molecule has 156 valence electrons. The van der Waals surface area contributed by atoms with Gasteiger partial charge in [-0.25, -0.2) is 8.78 Å². The highest BCUT2D eigenvalue weighted by atomic mass is 32.1. The molecule has 0 radical (unpaired) electrons. The van der Waals surface area contributed by atoms with Crippen LogP contribution in [0.25, 0.3) is 10.2 Å². The smallest absolute Gasteiger partial charge is 0.326 e. The summed E-state index contributed by atoms with van der Waals surface area (Å²) in [6.07, 6.45) is 0. The quantitative estimate of drug-likeness (QED) is 0.590. The minimum absolute atomic E-state index is 0.0248. The van der Waals surface area contributed by atoms with Gasteiger partial charge in [0, 0.05) is 11.6 Å². The summed E-state index contributed by atoms with van der Waals surface area (Å²) in [4.78, 5) is 28.8. The molecule has 2 heterocycles. The van der Waals surface area contributed by atoms with Crippen molar-refractivity contribution in [1.82, 2.24) is 4.57 Å². The van der Waals surface area contributed by atoms with Crippen molar-refractivity contribution in [3.63, 3.8) is 0 Å². The van der Waals surface area contributed by atoms with Crippen LogP contribution in [0.2, 0.25) is 0 Å². The summed E-state index contributed by atoms with van der Waals surface area (Å²) in [6.45, 7) is 2.19. The van der Waals surface area contributed by atoms with Gasteiger partial charge in [-0.2, -0.15) is 4.99 Å². The number of fused-ring (bicyclic) bond motifs is 2. The molecule has 7 nitrogen and oxygen atoms in total. The van der Waals surface area contributed by atoms with E-state index < -0.39 is 23.5 Å². The number of rotatable bonds is 4. The van der Waals surface area contributed by atoms with E-state index in [1.54, 1.807) is 13.0 Å². The van der Waals surface area contributed by atoms with Crippen LogP contribution >= 0.6 is 11.3 Å². The van der Waals surface area contributed by atoms with Gasteiger partial charge in [-0.05, 0) is 31.2 Å². The Morgan fingerprint density at radius 1 is 1.17 bits per heavy atom. The van der Waals surface area contributed by atoms with Crippen molar-refractivity contribution in [3.8, 4) is 11.5 Å². The molecular formula is C20H16F2N2O5S. The van der Waals surface area contributed by atoms with E-state index in [2.05, 4.69) is 4.99 Å². The molecular weight excluding hydrogens is 418 g/mol. The molecule has 4 rings (SSSR count). The summed E-state index contributed by atoms with van der Waals surface area (Å²) in [5.41, 5.74) is 0.203. The standard InChI is InChI=1S/C20H16F2N2O5S/c1-2-27-17(25)10-24-18-13(22)8-12(21)9-16(18)30-20(24)23-19(26)11-3-4-14-15(7-11)29-6-5-28-14/h3-4,7-9H,2,5-6,10H2,1H3. The molecule has 30 heavy (non-hydrogen) atoms. The van der Waals surface area contributed by atoms with Crippen LogP contribution in [0.4, 0.5) is 8.78 Å². The molecule has 0 spiro atoms. The summed E-state index contributed by atoms with van der Waals surface area (Å²) in [6, 6.07) is 6.47. The average molecular weight is 434 g/mol. The lowest BCUT2D eigenvalue weighted by Gasteiger charge is -2.18. The Labute approximate surface area is 173 Å². The second-order valence-corrected chi connectivity index (χ2v) is 7.29. The maximum atomic E-state index is 14.4. The molecule has 0 aliphatic carbocycles. The van der Waals surface area contributed by atoms with Crippen LogP contribution in [0.15, 0.2) is 35.3 Å². The van der Waals surface area contributed by atoms with Crippen LogP contribution < -0.4 is 14.3 Å². The first-order valence-corrected chi connectivity index (χ1v) is 9.90. The van der Waals surface area contributed by atoms with Gasteiger partial charge in [-0.15, -0.1) is 0 Å². The Bertz CT molecular complexity index is 1220. The molecule has 0 unspecified atom stereocenters. The Kier molecular flexibility index (Phi) is 5.49. The van der Waals surface area contributed by atoms with Gasteiger partial charge >= 0.3 is 5.97 Å². The SMILES string of the molecule is CCOC(=O)Cn1c(=NC(=O)c2ccc3c(c2)OCCO3)sc2cc(F)cc(F)c21. The number of esters is 1. The normalized spacial score (nSPS) is 13.5. The highest BCUT2D eigenvalue weighted by molar-refractivity contribution is 7.16. The Balaban J connectivity index is 1.80. The molecule has 10 heteroatoms. The molecule has 0 N–H and O–H groups in total.